The van der Waals surface area contributed by atoms with Gasteiger partial charge in [0.25, 0.3) is 0 Å². The van der Waals surface area contributed by atoms with Crippen LogP contribution in [0.3, 0.4) is 0 Å². The molecule has 0 aliphatic heterocycles. The largest absolute Gasteiger partial charge is 0.375 e. The molecule has 0 saturated carbocycles. The summed E-state index contributed by atoms with van der Waals surface area (Å²) < 4.78 is 5.97. The third-order valence-corrected chi connectivity index (χ3v) is 2.80. The first kappa shape index (κ1) is 15.9. The predicted octanol–water partition coefficient (Wildman–Crippen LogP) is 3.61. The molecule has 0 aromatic carbocycles. The molecule has 98 valence electrons. The molecule has 0 aliphatic rings. The molecule has 0 fully saturated rings. The Morgan fingerprint density at radius 1 is 0.938 bits per heavy atom. The number of ether oxygens (including phenoxy) is 1. The van der Waals surface area contributed by atoms with Crippen LogP contribution in [0.15, 0.2) is 0 Å². The first-order valence-corrected chi connectivity index (χ1v) is 6.36. The minimum absolute atomic E-state index is 0.000990. The molecule has 0 radical (unpaired) electrons. The van der Waals surface area contributed by atoms with Crippen molar-refractivity contribution in [2.75, 3.05) is 13.2 Å². The van der Waals surface area contributed by atoms with Gasteiger partial charge in [-0.3, -0.25) is 0 Å². The molecule has 0 saturated heterocycles. The molecular weight excluding hydrogens is 198 g/mol. The zero-order chi connectivity index (χ0) is 13.0. The van der Waals surface area contributed by atoms with Crippen LogP contribution in [0.1, 0.15) is 61.8 Å². The molecule has 0 aliphatic carbocycles. The molecular formula is C14H31NO. The fourth-order valence-electron chi connectivity index (χ4n) is 1.05. The van der Waals surface area contributed by atoms with Gasteiger partial charge in [-0.1, -0.05) is 20.8 Å². The summed E-state index contributed by atoms with van der Waals surface area (Å²) in [4.78, 5) is 0. The van der Waals surface area contributed by atoms with Crippen LogP contribution in [0, 0.1) is 5.41 Å². The highest BCUT2D eigenvalue weighted by atomic mass is 16.5. The number of hydrogen-bond donors (Lipinski definition) is 1. The quantitative estimate of drug-likeness (QED) is 0.751. The Kier molecular flexibility index (Phi) is 5.48. The Hall–Kier alpha value is -0.0800. The van der Waals surface area contributed by atoms with E-state index in [-0.39, 0.29) is 16.6 Å². The van der Waals surface area contributed by atoms with Gasteiger partial charge in [0.1, 0.15) is 0 Å². The molecule has 0 aromatic heterocycles. The maximum atomic E-state index is 5.97. The lowest BCUT2D eigenvalue weighted by molar-refractivity contribution is -0.0569. The van der Waals surface area contributed by atoms with Crippen LogP contribution in [0.25, 0.3) is 0 Å². The summed E-state index contributed by atoms with van der Waals surface area (Å²) in [7, 11) is 0. The number of rotatable bonds is 6. The molecule has 0 spiro atoms. The lowest BCUT2D eigenvalue weighted by Gasteiger charge is -2.34. The highest BCUT2D eigenvalue weighted by Gasteiger charge is 2.25. The van der Waals surface area contributed by atoms with Crippen LogP contribution in [0.4, 0.5) is 0 Å². The van der Waals surface area contributed by atoms with E-state index in [4.69, 9.17) is 4.74 Å². The van der Waals surface area contributed by atoms with Crippen molar-refractivity contribution >= 4 is 0 Å². The summed E-state index contributed by atoms with van der Waals surface area (Å²) in [6.45, 7) is 19.3. The summed E-state index contributed by atoms with van der Waals surface area (Å²) in [5.41, 5.74) is 0.357. The molecule has 2 nitrogen and oxygen atoms in total. The van der Waals surface area contributed by atoms with Crippen molar-refractivity contribution in [1.82, 2.24) is 5.32 Å². The Morgan fingerprint density at radius 3 is 1.81 bits per heavy atom. The second-order valence-electron chi connectivity index (χ2n) is 7.17. The number of nitrogens with one attached hydrogen (secondary N) is 1. The van der Waals surface area contributed by atoms with E-state index in [0.717, 1.165) is 19.6 Å². The zero-order valence-corrected chi connectivity index (χ0v) is 12.5. The Balaban J connectivity index is 4.06. The summed E-state index contributed by atoms with van der Waals surface area (Å²) in [6.07, 6.45) is 1.05. The van der Waals surface area contributed by atoms with Gasteiger partial charge in [0.2, 0.25) is 0 Å². The van der Waals surface area contributed by atoms with Crippen LogP contribution in [-0.2, 0) is 4.74 Å². The second kappa shape index (κ2) is 5.50. The molecule has 0 amide bonds. The van der Waals surface area contributed by atoms with E-state index in [1.54, 1.807) is 0 Å². The van der Waals surface area contributed by atoms with Gasteiger partial charge in [-0.2, -0.15) is 0 Å². The van der Waals surface area contributed by atoms with Gasteiger partial charge in [0.05, 0.1) is 12.2 Å². The molecule has 0 bridgehead atoms. The summed E-state index contributed by atoms with van der Waals surface area (Å²) >= 11 is 0. The van der Waals surface area contributed by atoms with Gasteiger partial charge in [-0.15, -0.1) is 0 Å². The molecule has 0 heterocycles. The third-order valence-electron chi connectivity index (χ3n) is 2.80. The molecule has 1 N–H and O–H groups in total. The molecule has 0 rings (SSSR count). The summed E-state index contributed by atoms with van der Waals surface area (Å²) in [5, 5.41) is 3.54. The first-order valence-electron chi connectivity index (χ1n) is 6.36. The molecule has 2 heteroatoms. The normalized spacial score (nSPS) is 14.2. The van der Waals surface area contributed by atoms with Crippen molar-refractivity contribution in [2.24, 2.45) is 5.41 Å². The van der Waals surface area contributed by atoms with Gasteiger partial charge < -0.3 is 10.1 Å². The average molecular weight is 229 g/mol. The van der Waals surface area contributed by atoms with Gasteiger partial charge >= 0.3 is 0 Å². The SMILES string of the molecule is CCC(C)(C)OCC(C)(C)CNC(C)(C)C. The summed E-state index contributed by atoms with van der Waals surface area (Å²) in [5.74, 6) is 0. The fourth-order valence-corrected chi connectivity index (χ4v) is 1.05. The van der Waals surface area contributed by atoms with E-state index in [0.29, 0.717) is 0 Å². The predicted molar refractivity (Wildman–Crippen MR) is 71.9 cm³/mol. The van der Waals surface area contributed by atoms with Crippen molar-refractivity contribution in [2.45, 2.75) is 73.0 Å². The highest BCUT2D eigenvalue weighted by molar-refractivity contribution is 4.79. The molecule has 16 heavy (non-hydrogen) atoms. The Bertz CT molecular complexity index is 201. The van der Waals surface area contributed by atoms with Crippen LogP contribution >= 0.6 is 0 Å². The molecule has 0 atom stereocenters. The Labute approximate surface area is 102 Å². The van der Waals surface area contributed by atoms with Gasteiger partial charge in [0.15, 0.2) is 0 Å². The van der Waals surface area contributed by atoms with Crippen LogP contribution in [0.5, 0.6) is 0 Å². The maximum Gasteiger partial charge on any atom is 0.0624 e. The fraction of sp³-hybridized carbons (Fsp3) is 1.00. The van der Waals surface area contributed by atoms with E-state index in [1.807, 2.05) is 0 Å². The van der Waals surface area contributed by atoms with Gasteiger partial charge in [-0.25, -0.2) is 0 Å². The van der Waals surface area contributed by atoms with Gasteiger partial charge in [0, 0.05) is 17.5 Å². The van der Waals surface area contributed by atoms with E-state index in [1.165, 1.54) is 0 Å². The maximum absolute atomic E-state index is 5.97. The molecule has 0 unspecified atom stereocenters. The van der Waals surface area contributed by atoms with E-state index < -0.39 is 0 Å². The van der Waals surface area contributed by atoms with Crippen molar-refractivity contribution in [3.63, 3.8) is 0 Å². The van der Waals surface area contributed by atoms with Crippen molar-refractivity contribution in [1.29, 1.82) is 0 Å². The van der Waals surface area contributed by atoms with Crippen molar-refractivity contribution in [3.05, 3.63) is 0 Å². The lowest BCUT2D eigenvalue weighted by atomic mass is 9.92. The van der Waals surface area contributed by atoms with Crippen molar-refractivity contribution < 1.29 is 4.74 Å². The average Bonchev–Trinajstić information content (AvgIpc) is 2.12. The summed E-state index contributed by atoms with van der Waals surface area (Å²) in [6, 6.07) is 0. The third kappa shape index (κ3) is 8.12. The van der Waals surface area contributed by atoms with Crippen molar-refractivity contribution in [3.8, 4) is 0 Å². The van der Waals surface area contributed by atoms with Crippen LogP contribution < -0.4 is 5.32 Å². The zero-order valence-electron chi connectivity index (χ0n) is 12.5. The minimum Gasteiger partial charge on any atom is -0.375 e. The topological polar surface area (TPSA) is 21.3 Å². The Morgan fingerprint density at radius 2 is 1.44 bits per heavy atom. The second-order valence-corrected chi connectivity index (χ2v) is 7.17. The van der Waals surface area contributed by atoms with Gasteiger partial charge in [-0.05, 0) is 41.0 Å². The van der Waals surface area contributed by atoms with E-state index >= 15 is 0 Å². The van der Waals surface area contributed by atoms with E-state index in [2.05, 4.69) is 60.7 Å². The number of hydrogen-bond acceptors (Lipinski definition) is 2. The monoisotopic (exact) mass is 229 g/mol. The minimum atomic E-state index is -0.000990. The van der Waals surface area contributed by atoms with E-state index in [9.17, 15) is 0 Å². The molecule has 0 aromatic rings. The first-order chi connectivity index (χ1) is 6.97. The van der Waals surface area contributed by atoms with Crippen LogP contribution in [0.2, 0.25) is 0 Å². The smallest absolute Gasteiger partial charge is 0.0624 e. The lowest BCUT2D eigenvalue weighted by Crippen LogP contribution is -2.44. The van der Waals surface area contributed by atoms with Crippen LogP contribution in [-0.4, -0.2) is 24.3 Å². The highest BCUT2D eigenvalue weighted by Crippen LogP contribution is 2.21. The standard InChI is InChI=1S/C14H31NO/c1-9-14(7,8)16-11-13(5,6)10-15-12(2,3)4/h15H,9-11H2,1-8H3.